The summed E-state index contributed by atoms with van der Waals surface area (Å²) in [6, 6.07) is 9.45. The number of fused-ring (bicyclic) bond motifs is 1. The summed E-state index contributed by atoms with van der Waals surface area (Å²) in [4.78, 5) is 14.5. The van der Waals surface area contributed by atoms with Crippen molar-refractivity contribution in [3.8, 4) is 11.8 Å². The second-order valence-corrected chi connectivity index (χ2v) is 9.20. The summed E-state index contributed by atoms with van der Waals surface area (Å²) in [5, 5.41) is 14.6. The number of H-pyrrole nitrogens is 2. The Morgan fingerprint density at radius 2 is 2.03 bits per heavy atom. The van der Waals surface area contributed by atoms with E-state index in [1.54, 1.807) is 18.2 Å². The van der Waals surface area contributed by atoms with Crippen molar-refractivity contribution in [2.24, 2.45) is 0 Å². The lowest BCUT2D eigenvalue weighted by atomic mass is 10.2. The number of hydrogen-bond donors (Lipinski definition) is 4. The van der Waals surface area contributed by atoms with Gasteiger partial charge in [0.15, 0.2) is 17.4 Å². The number of ether oxygens (including phenoxy) is 1. The van der Waals surface area contributed by atoms with Crippen LogP contribution in [0.1, 0.15) is 37.1 Å². The van der Waals surface area contributed by atoms with Crippen molar-refractivity contribution in [1.82, 2.24) is 30.5 Å². The Bertz CT molecular complexity index is 1340. The number of aromatic amines is 2. The van der Waals surface area contributed by atoms with Crippen molar-refractivity contribution in [1.29, 1.82) is 0 Å². The van der Waals surface area contributed by atoms with Gasteiger partial charge in [0.05, 0.1) is 0 Å². The van der Waals surface area contributed by atoms with Crippen LogP contribution in [0.15, 0.2) is 30.3 Å². The summed E-state index contributed by atoms with van der Waals surface area (Å²) in [7, 11) is 0. The number of hydrogen-bond acceptors (Lipinski definition) is 7. The highest BCUT2D eigenvalue weighted by Gasteiger charge is 2.26. The van der Waals surface area contributed by atoms with Gasteiger partial charge < -0.3 is 25.3 Å². The van der Waals surface area contributed by atoms with Gasteiger partial charge in [-0.1, -0.05) is 0 Å². The minimum absolute atomic E-state index is 0.0784. The van der Waals surface area contributed by atoms with Crippen molar-refractivity contribution >= 4 is 28.4 Å². The van der Waals surface area contributed by atoms with Gasteiger partial charge >= 0.3 is 6.01 Å². The van der Waals surface area contributed by atoms with E-state index in [-0.39, 0.29) is 11.8 Å². The fourth-order valence-corrected chi connectivity index (χ4v) is 4.43. The number of anilines is 3. The third-order valence-corrected chi connectivity index (χ3v) is 6.29. The minimum Gasteiger partial charge on any atom is -0.421 e. The molecule has 9 nitrogen and oxygen atoms in total. The molecular weight excluding hydrogens is 435 g/mol. The van der Waals surface area contributed by atoms with Crippen molar-refractivity contribution in [3.05, 3.63) is 47.5 Å². The molecule has 1 unspecified atom stereocenters. The molecule has 4 N–H and O–H groups in total. The molecule has 1 saturated heterocycles. The van der Waals surface area contributed by atoms with Gasteiger partial charge in [-0.15, -0.1) is 0 Å². The first-order valence-electron chi connectivity index (χ1n) is 11.7. The molecule has 0 amide bonds. The molecule has 0 spiro atoms. The first-order valence-corrected chi connectivity index (χ1v) is 11.7. The van der Waals surface area contributed by atoms with Gasteiger partial charge in [0.25, 0.3) is 0 Å². The van der Waals surface area contributed by atoms with Crippen LogP contribution in [0.5, 0.6) is 11.8 Å². The quantitative estimate of drug-likeness (QED) is 0.338. The molecule has 1 aliphatic heterocycles. The standard InChI is InChI=1S/C24H27FN8O/c1-13-9-16-17(27-13)5-6-19(23(16)25)34-24-29-20(28-21-10-18(31-32-21)15-3-4-15)11-22(30-24)33-8-7-26-14(2)12-33/h5-6,9-11,14-15,26-27H,3-4,7-8,12H2,1-2H3,(H2,28,29,30,31,32). The summed E-state index contributed by atoms with van der Waals surface area (Å²) >= 11 is 0. The lowest BCUT2D eigenvalue weighted by molar-refractivity contribution is 0.412. The van der Waals surface area contributed by atoms with Crippen LogP contribution in [0.3, 0.4) is 0 Å². The Labute approximate surface area is 196 Å². The summed E-state index contributed by atoms with van der Waals surface area (Å²) in [5.41, 5.74) is 2.73. The number of aromatic nitrogens is 5. The number of nitrogens with one attached hydrogen (secondary N) is 4. The van der Waals surface area contributed by atoms with E-state index in [4.69, 9.17) is 4.74 Å². The zero-order chi connectivity index (χ0) is 23.2. The number of benzene rings is 1. The third-order valence-electron chi connectivity index (χ3n) is 6.29. The first-order chi connectivity index (χ1) is 16.5. The summed E-state index contributed by atoms with van der Waals surface area (Å²) in [6.45, 7) is 6.48. The van der Waals surface area contributed by atoms with E-state index in [0.717, 1.165) is 42.4 Å². The molecule has 1 saturated carbocycles. The fourth-order valence-electron chi connectivity index (χ4n) is 4.43. The molecule has 3 aromatic heterocycles. The fraction of sp³-hybridized carbons (Fsp3) is 0.375. The molecule has 0 radical (unpaired) electrons. The Morgan fingerprint density at radius 1 is 1.15 bits per heavy atom. The van der Waals surface area contributed by atoms with E-state index in [1.165, 1.54) is 12.8 Å². The van der Waals surface area contributed by atoms with Gasteiger partial charge in [-0.05, 0) is 44.9 Å². The van der Waals surface area contributed by atoms with Crippen LogP contribution in [0, 0.1) is 12.7 Å². The Balaban J connectivity index is 1.33. The van der Waals surface area contributed by atoms with Gasteiger partial charge in [-0.25, -0.2) is 4.39 Å². The highest BCUT2D eigenvalue weighted by molar-refractivity contribution is 5.82. The maximum Gasteiger partial charge on any atom is 0.326 e. The highest BCUT2D eigenvalue weighted by atomic mass is 19.1. The molecule has 0 bridgehead atoms. The zero-order valence-electron chi connectivity index (χ0n) is 19.2. The van der Waals surface area contributed by atoms with E-state index in [1.807, 2.05) is 19.1 Å². The van der Waals surface area contributed by atoms with Crippen LogP contribution in [0.25, 0.3) is 10.9 Å². The molecule has 1 atom stereocenters. The first kappa shape index (κ1) is 20.9. The minimum atomic E-state index is -0.442. The third kappa shape index (κ3) is 4.16. The molecule has 2 aliphatic rings. The summed E-state index contributed by atoms with van der Waals surface area (Å²) < 4.78 is 21.1. The predicted octanol–water partition coefficient (Wildman–Crippen LogP) is 4.34. The highest BCUT2D eigenvalue weighted by Crippen LogP contribution is 2.40. The molecular formula is C24H27FN8O. The predicted molar refractivity (Wildman–Crippen MR) is 129 cm³/mol. The maximum absolute atomic E-state index is 15.2. The molecule has 6 rings (SSSR count). The summed E-state index contributed by atoms with van der Waals surface area (Å²) in [5.74, 6) is 2.15. The molecule has 1 aromatic carbocycles. The van der Waals surface area contributed by atoms with E-state index >= 15 is 4.39 Å². The number of nitrogens with zero attached hydrogens (tertiary/aromatic N) is 4. The van der Waals surface area contributed by atoms with E-state index in [9.17, 15) is 0 Å². The summed E-state index contributed by atoms with van der Waals surface area (Å²) in [6.07, 6.45) is 2.38. The van der Waals surface area contributed by atoms with Crippen molar-refractivity contribution in [2.45, 2.75) is 38.6 Å². The molecule has 2 fully saturated rings. The van der Waals surface area contributed by atoms with Crippen molar-refractivity contribution in [2.75, 3.05) is 29.9 Å². The SMILES string of the molecule is Cc1cc2c(F)c(Oc3nc(Nc4cc(C5CC5)[nH]n4)cc(N4CCNC(C)C4)n3)ccc2[nH]1. The number of piperazine rings is 1. The van der Waals surface area contributed by atoms with E-state index in [2.05, 4.69) is 47.6 Å². The van der Waals surface area contributed by atoms with Gasteiger partial charge in [-0.2, -0.15) is 15.1 Å². The number of rotatable bonds is 6. The normalized spacial score (nSPS) is 18.4. The number of aryl methyl sites for hydroxylation is 1. The molecule has 4 aromatic rings. The van der Waals surface area contributed by atoms with Crippen LogP contribution in [0.4, 0.5) is 21.8 Å². The zero-order valence-corrected chi connectivity index (χ0v) is 19.2. The lowest BCUT2D eigenvalue weighted by Gasteiger charge is -2.32. The Kier molecular flexibility index (Phi) is 5.09. The largest absolute Gasteiger partial charge is 0.421 e. The van der Waals surface area contributed by atoms with Gasteiger partial charge in [0.2, 0.25) is 0 Å². The topological polar surface area (TPSA) is 107 Å². The Hall–Kier alpha value is -3.66. The molecule has 10 heteroatoms. The van der Waals surface area contributed by atoms with Crippen molar-refractivity contribution in [3.63, 3.8) is 0 Å². The molecule has 34 heavy (non-hydrogen) atoms. The van der Waals surface area contributed by atoms with Crippen LogP contribution in [0.2, 0.25) is 0 Å². The van der Waals surface area contributed by atoms with Crippen molar-refractivity contribution < 1.29 is 9.13 Å². The molecule has 1 aliphatic carbocycles. The van der Waals surface area contributed by atoms with Gasteiger partial charge in [0.1, 0.15) is 11.6 Å². The smallest absolute Gasteiger partial charge is 0.326 e. The van der Waals surface area contributed by atoms with Crippen LogP contribution in [-0.4, -0.2) is 50.8 Å². The monoisotopic (exact) mass is 462 g/mol. The van der Waals surface area contributed by atoms with E-state index < -0.39 is 5.82 Å². The Morgan fingerprint density at radius 3 is 2.85 bits per heavy atom. The lowest BCUT2D eigenvalue weighted by Crippen LogP contribution is -2.49. The second kappa shape index (κ2) is 8.28. The van der Waals surface area contributed by atoms with Crippen LogP contribution in [-0.2, 0) is 0 Å². The molecule has 4 heterocycles. The second-order valence-electron chi connectivity index (χ2n) is 9.20. The van der Waals surface area contributed by atoms with Crippen LogP contribution >= 0.6 is 0 Å². The van der Waals surface area contributed by atoms with Crippen LogP contribution < -0.4 is 20.3 Å². The molecule has 176 valence electrons. The van der Waals surface area contributed by atoms with E-state index in [0.29, 0.717) is 29.0 Å². The van der Waals surface area contributed by atoms with Gasteiger partial charge in [-0.3, -0.25) is 5.10 Å². The maximum atomic E-state index is 15.2. The average molecular weight is 463 g/mol. The van der Waals surface area contributed by atoms with Gasteiger partial charge in [0, 0.05) is 66.0 Å². The average Bonchev–Trinajstić information content (AvgIpc) is 3.44. The number of halogens is 1.